The predicted octanol–water partition coefficient (Wildman–Crippen LogP) is 4.69. The molecule has 0 radical (unpaired) electrons. The summed E-state index contributed by atoms with van der Waals surface area (Å²) in [5.74, 6) is 3.18. The van der Waals surface area contributed by atoms with Crippen molar-refractivity contribution in [3.05, 3.63) is 0 Å². The molecule has 0 saturated heterocycles. The molecule has 9 heteroatoms. The number of hydrogen-bond donors (Lipinski definition) is 1. The van der Waals surface area contributed by atoms with Crippen molar-refractivity contribution in [2.24, 2.45) is 0 Å². The van der Waals surface area contributed by atoms with E-state index in [0.717, 1.165) is 0 Å². The molecule has 0 aromatic rings. The largest absolute Gasteiger partial charge is 0.434 e. The third kappa shape index (κ3) is 8.40. The molecule has 1 N–H and O–H groups in total. The molecule has 24 heavy (non-hydrogen) atoms. The minimum Gasteiger partial charge on any atom is -0.412 e. The lowest BCUT2D eigenvalue weighted by Gasteiger charge is -2.24. The summed E-state index contributed by atoms with van der Waals surface area (Å²) in [6.07, 6.45) is -8.09. The van der Waals surface area contributed by atoms with Crippen LogP contribution in [0.25, 0.3) is 0 Å². The van der Waals surface area contributed by atoms with Crippen LogP contribution in [-0.4, -0.2) is 44.4 Å². The zero-order valence-corrected chi connectivity index (χ0v) is 15.0. The molecule has 0 aliphatic carbocycles. The van der Waals surface area contributed by atoms with Gasteiger partial charge in [0.25, 0.3) is 12.0 Å². The van der Waals surface area contributed by atoms with Gasteiger partial charge in [0, 0.05) is 6.42 Å². The van der Waals surface area contributed by atoms with Gasteiger partial charge < -0.3 is 9.53 Å². The van der Waals surface area contributed by atoms with Gasteiger partial charge in [-0.25, -0.2) is 13.2 Å². The number of alkyl halides is 6. The highest BCUT2D eigenvalue weighted by Crippen LogP contribution is 2.34. The van der Waals surface area contributed by atoms with Crippen LogP contribution in [0.15, 0.2) is 0 Å². The molecule has 0 aromatic carbocycles. The molecule has 0 heterocycles. The number of hydrogen-bond acceptors (Lipinski definition) is 2. The van der Waals surface area contributed by atoms with Gasteiger partial charge in [-0.3, -0.25) is 0 Å². The lowest BCUT2D eigenvalue weighted by molar-refractivity contribution is -0.271. The van der Waals surface area contributed by atoms with E-state index in [1.807, 2.05) is 25.6 Å². The molecule has 2 unspecified atom stereocenters. The highest BCUT2D eigenvalue weighted by molar-refractivity contribution is 6.69. The Balaban J connectivity index is 4.24. The summed E-state index contributed by atoms with van der Waals surface area (Å²) in [6.45, 7) is 5.22. The Morgan fingerprint density at radius 2 is 1.67 bits per heavy atom. The van der Waals surface area contributed by atoms with Gasteiger partial charge in [0.2, 0.25) is 0 Å². The van der Waals surface area contributed by atoms with Crippen LogP contribution in [0.1, 0.15) is 32.1 Å². The zero-order chi connectivity index (χ0) is 19.0. The van der Waals surface area contributed by atoms with Crippen LogP contribution >= 0.6 is 0 Å². The summed E-state index contributed by atoms with van der Waals surface area (Å²) in [7, 11) is -1.84. The quantitative estimate of drug-likeness (QED) is 0.273. The molecule has 0 amide bonds. The molecule has 2 nitrogen and oxygen atoms in total. The molecule has 0 aliphatic rings. The third-order valence-corrected chi connectivity index (χ3v) is 4.09. The van der Waals surface area contributed by atoms with Gasteiger partial charge in [0.15, 0.2) is 8.32 Å². The second kappa shape index (κ2) is 9.68. The summed E-state index contributed by atoms with van der Waals surface area (Å²) in [6, 6.07) is 0. The molecular formula is C15H24F6O2Si. The molecule has 0 fully saturated rings. The van der Waals surface area contributed by atoms with E-state index in [-0.39, 0.29) is 6.42 Å². The van der Waals surface area contributed by atoms with Crippen molar-refractivity contribution < 1.29 is 35.9 Å². The van der Waals surface area contributed by atoms with Crippen LogP contribution in [0.4, 0.5) is 26.3 Å². The average molecular weight is 378 g/mol. The first-order valence-electron chi connectivity index (χ1n) is 7.64. The second-order valence-corrected chi connectivity index (χ2v) is 10.9. The van der Waals surface area contributed by atoms with Crippen LogP contribution in [0.5, 0.6) is 0 Å². The Morgan fingerprint density at radius 1 is 1.08 bits per heavy atom. The molecule has 0 aliphatic heterocycles. The van der Waals surface area contributed by atoms with Gasteiger partial charge in [0.1, 0.15) is 6.67 Å². The molecule has 142 valence electrons. The van der Waals surface area contributed by atoms with Crippen molar-refractivity contribution in [3.8, 4) is 11.8 Å². The van der Waals surface area contributed by atoms with Gasteiger partial charge in [-0.05, 0) is 32.5 Å². The number of rotatable bonds is 9. The first kappa shape index (κ1) is 23.3. The Labute approximate surface area is 139 Å². The molecule has 2 atom stereocenters. The highest BCUT2D eigenvalue weighted by atomic mass is 28.4. The van der Waals surface area contributed by atoms with Crippen molar-refractivity contribution in [2.45, 2.75) is 76.1 Å². The van der Waals surface area contributed by atoms with E-state index in [1.165, 1.54) is 5.92 Å². The van der Waals surface area contributed by atoms with Crippen LogP contribution in [0, 0.1) is 11.8 Å². The van der Waals surface area contributed by atoms with Gasteiger partial charge in [-0.1, -0.05) is 24.7 Å². The number of unbranched alkanes of at least 4 members (excludes halogenated alkanes) is 3. The van der Waals surface area contributed by atoms with Crippen molar-refractivity contribution in [1.82, 2.24) is 0 Å². The maximum absolute atomic E-state index is 12.8. The van der Waals surface area contributed by atoms with Crippen LogP contribution < -0.4 is 0 Å². The van der Waals surface area contributed by atoms with Crippen molar-refractivity contribution >= 4 is 8.32 Å². The normalized spacial score (nSPS) is 16.5. The van der Waals surface area contributed by atoms with E-state index >= 15 is 0 Å². The van der Waals surface area contributed by atoms with Crippen molar-refractivity contribution in [1.29, 1.82) is 0 Å². The average Bonchev–Trinajstić information content (AvgIpc) is 2.41. The summed E-state index contributed by atoms with van der Waals surface area (Å²) >= 11 is 0. The lowest BCUT2D eigenvalue weighted by atomic mass is 10.0. The predicted molar refractivity (Wildman–Crippen MR) is 82.1 cm³/mol. The number of halogens is 6. The molecular weight excluding hydrogens is 354 g/mol. The van der Waals surface area contributed by atoms with Crippen LogP contribution in [0.2, 0.25) is 19.6 Å². The summed E-state index contributed by atoms with van der Waals surface area (Å²) < 4.78 is 80.2. The molecule has 0 aromatic heterocycles. The van der Waals surface area contributed by atoms with E-state index in [0.29, 0.717) is 25.7 Å². The molecule has 0 saturated carbocycles. The fraction of sp³-hybridized carbons (Fsp3) is 0.867. The van der Waals surface area contributed by atoms with E-state index < -0.39 is 39.3 Å². The van der Waals surface area contributed by atoms with Gasteiger partial charge in [-0.15, -0.1) is 0 Å². The minimum atomic E-state index is -5.52. The zero-order valence-electron chi connectivity index (χ0n) is 14.0. The summed E-state index contributed by atoms with van der Waals surface area (Å²) in [5, 5.41) is 8.94. The second-order valence-electron chi connectivity index (χ2n) is 6.47. The molecule has 0 spiro atoms. The van der Waals surface area contributed by atoms with E-state index in [1.54, 1.807) is 0 Å². The van der Waals surface area contributed by atoms with Gasteiger partial charge in [0.05, 0.1) is 6.10 Å². The number of aliphatic hydroxyl groups is 1. The third-order valence-electron chi connectivity index (χ3n) is 3.05. The maximum atomic E-state index is 12.8. The minimum absolute atomic E-state index is 0.0553. The van der Waals surface area contributed by atoms with E-state index in [2.05, 4.69) is 0 Å². The topological polar surface area (TPSA) is 29.5 Å². The Bertz CT molecular complexity index is 424. The first-order valence-corrected chi connectivity index (χ1v) is 11.1. The van der Waals surface area contributed by atoms with Gasteiger partial charge >= 0.3 is 6.18 Å². The van der Waals surface area contributed by atoms with E-state index in [9.17, 15) is 26.3 Å². The SMILES string of the molecule is C[Si](C)(C)OC(CF)CCCCCC#CC(O)(C(F)F)C(F)(F)F. The Morgan fingerprint density at radius 3 is 2.08 bits per heavy atom. The molecule has 0 bridgehead atoms. The first-order chi connectivity index (χ1) is 10.8. The fourth-order valence-corrected chi connectivity index (χ4v) is 3.06. The monoisotopic (exact) mass is 378 g/mol. The summed E-state index contributed by atoms with van der Waals surface area (Å²) in [4.78, 5) is 0. The smallest absolute Gasteiger partial charge is 0.412 e. The lowest BCUT2D eigenvalue weighted by Crippen LogP contribution is -2.50. The maximum Gasteiger partial charge on any atom is 0.434 e. The Kier molecular flexibility index (Phi) is 9.39. The van der Waals surface area contributed by atoms with Crippen molar-refractivity contribution in [3.63, 3.8) is 0 Å². The van der Waals surface area contributed by atoms with Crippen LogP contribution in [-0.2, 0) is 4.43 Å². The van der Waals surface area contributed by atoms with E-state index in [4.69, 9.17) is 9.53 Å². The summed E-state index contributed by atoms with van der Waals surface area (Å²) in [5.41, 5.74) is -4.29. The van der Waals surface area contributed by atoms with Gasteiger partial charge in [-0.2, -0.15) is 13.2 Å². The highest BCUT2D eigenvalue weighted by Gasteiger charge is 2.59. The fourth-order valence-electron chi connectivity index (χ4n) is 1.88. The molecule has 0 rings (SSSR count). The van der Waals surface area contributed by atoms with Crippen molar-refractivity contribution in [2.75, 3.05) is 6.67 Å². The standard InChI is InChI=1S/C15H24F6O2Si/c1-24(2,3)23-12(11-16)9-7-5-4-6-8-10-14(22,13(17)18)15(19,20)21/h12-13,22H,4-7,9,11H2,1-3H3. The Hall–Kier alpha value is -0.723. The van der Waals surface area contributed by atoms with Crippen LogP contribution in [0.3, 0.4) is 0 Å².